The highest BCUT2D eigenvalue weighted by Gasteiger charge is 2.37. The molecule has 0 amide bonds. The predicted molar refractivity (Wildman–Crippen MR) is 139 cm³/mol. The smallest absolute Gasteiger partial charge is 0.485 e. The minimum atomic E-state index is -6.09. The third kappa shape index (κ3) is 6.86. The van der Waals surface area contributed by atoms with Crippen molar-refractivity contribution in [3.63, 3.8) is 0 Å². The van der Waals surface area contributed by atoms with Crippen molar-refractivity contribution in [2.45, 2.75) is 12.4 Å². The van der Waals surface area contributed by atoms with Crippen LogP contribution in [0.2, 0.25) is 0 Å². The number of nitrogens with zero attached hydrogens (tertiary/aromatic N) is 4. The lowest BCUT2D eigenvalue weighted by atomic mass is 10.1. The molecule has 1 aromatic heterocycles. The molecule has 0 aliphatic carbocycles. The Kier molecular flexibility index (Phi) is 8.07. The summed E-state index contributed by atoms with van der Waals surface area (Å²) in [5, 5.41) is 13.2. The summed E-state index contributed by atoms with van der Waals surface area (Å²) in [7, 11) is -6.09. The quantitative estimate of drug-likeness (QED) is 0.180. The number of benzene rings is 4. The summed E-state index contributed by atoms with van der Waals surface area (Å²) in [6.45, 7) is 2.07. The van der Waals surface area contributed by atoms with E-state index < -0.39 is 15.6 Å². The van der Waals surface area contributed by atoms with E-state index in [2.05, 4.69) is 36.5 Å². The van der Waals surface area contributed by atoms with Crippen LogP contribution in [0.15, 0.2) is 109 Å². The molecule has 200 valence electrons. The van der Waals surface area contributed by atoms with Gasteiger partial charge >= 0.3 is 11.3 Å². The highest BCUT2D eigenvalue weighted by Crippen LogP contribution is 2.28. The molecule has 8 nitrogen and oxygen atoms in total. The number of nitrogens with one attached hydrogen (secondary N) is 1. The van der Waals surface area contributed by atoms with Gasteiger partial charge in [-0.15, -0.1) is 0 Å². The van der Waals surface area contributed by atoms with Gasteiger partial charge in [0.05, 0.1) is 21.6 Å². The van der Waals surface area contributed by atoms with Gasteiger partial charge in [-0.3, -0.25) is 0 Å². The molecule has 0 unspecified atom stereocenters. The average Bonchev–Trinajstić information content (AvgIpc) is 3.35. The summed E-state index contributed by atoms with van der Waals surface area (Å²) >= 11 is 0. The fourth-order valence-electron chi connectivity index (χ4n) is 3.44. The van der Waals surface area contributed by atoms with E-state index in [9.17, 15) is 13.2 Å². The van der Waals surface area contributed by atoms with E-state index >= 15 is 0 Å². The Morgan fingerprint density at radius 3 is 1.95 bits per heavy atom. The average molecular weight is 554 g/mol. The summed E-state index contributed by atoms with van der Waals surface area (Å²) < 4.78 is 60.8. The number of tetrazole rings is 1. The molecule has 1 N–H and O–H groups in total. The van der Waals surface area contributed by atoms with Gasteiger partial charge in [0.15, 0.2) is 15.8 Å². The maximum atomic E-state index is 10.7. The normalized spacial score (nSPS) is 11.4. The molecule has 0 spiro atoms. The lowest BCUT2D eigenvalue weighted by Crippen LogP contribution is -2.35. The maximum Gasteiger partial charge on any atom is 0.485 e. The molecule has 12 heteroatoms. The number of hydrogen-bond donors (Lipinski definition) is 1. The van der Waals surface area contributed by atoms with Crippen LogP contribution in [0.4, 0.5) is 24.5 Å². The lowest BCUT2D eigenvalue weighted by Gasteiger charge is -2.09. The summed E-state index contributed by atoms with van der Waals surface area (Å²) in [6, 6.07) is 36.6. The highest BCUT2D eigenvalue weighted by atomic mass is 32.2. The highest BCUT2D eigenvalue weighted by molar-refractivity contribution is 7.86. The van der Waals surface area contributed by atoms with Crippen LogP contribution in [0, 0.1) is 6.92 Å². The fourth-order valence-corrected chi connectivity index (χ4v) is 3.44. The van der Waals surface area contributed by atoms with E-state index in [1.54, 1.807) is 4.80 Å². The zero-order valence-corrected chi connectivity index (χ0v) is 21.3. The third-order valence-corrected chi connectivity index (χ3v) is 5.90. The van der Waals surface area contributed by atoms with E-state index in [1.165, 1.54) is 5.56 Å². The molecule has 0 atom stereocenters. The number of aromatic nitrogens is 4. The largest absolute Gasteiger partial charge is 0.741 e. The van der Waals surface area contributed by atoms with Crippen molar-refractivity contribution in [3.05, 3.63) is 115 Å². The Balaban J connectivity index is 0.000000386. The lowest BCUT2D eigenvalue weighted by molar-refractivity contribution is -0.650. The summed E-state index contributed by atoms with van der Waals surface area (Å²) in [5.41, 5.74) is 0.368. The monoisotopic (exact) mass is 553 g/mol. The van der Waals surface area contributed by atoms with Gasteiger partial charge in [0.2, 0.25) is 0 Å². The van der Waals surface area contributed by atoms with E-state index in [-0.39, 0.29) is 0 Å². The van der Waals surface area contributed by atoms with Crippen LogP contribution < -0.4 is 10.00 Å². The van der Waals surface area contributed by atoms with Gasteiger partial charge in [-0.2, -0.15) is 13.2 Å². The Morgan fingerprint density at radius 2 is 1.36 bits per heavy atom. The number of para-hydroxylation sites is 3. The summed E-state index contributed by atoms with van der Waals surface area (Å²) in [4.78, 5) is 1.68. The van der Waals surface area contributed by atoms with Crippen molar-refractivity contribution >= 4 is 21.5 Å². The van der Waals surface area contributed by atoms with Gasteiger partial charge in [0.25, 0.3) is 0 Å². The summed E-state index contributed by atoms with van der Waals surface area (Å²) in [5.74, 6) is 0.755. The minimum Gasteiger partial charge on any atom is -0.741 e. The first-order valence-electron chi connectivity index (χ1n) is 11.5. The topological polar surface area (TPSA) is 104 Å². The van der Waals surface area contributed by atoms with E-state index in [4.69, 9.17) is 23.3 Å². The fraction of sp³-hybridized carbons (Fsp3) is 0.0741. The molecule has 1 heterocycles. The molecule has 5 rings (SSSR count). The van der Waals surface area contributed by atoms with E-state index in [1.807, 2.05) is 89.6 Å². The van der Waals surface area contributed by atoms with E-state index in [0.29, 0.717) is 0 Å². The molecular weight excluding hydrogens is 531 g/mol. The zero-order valence-electron chi connectivity index (χ0n) is 20.4. The predicted octanol–water partition coefficient (Wildman–Crippen LogP) is 5.31. The van der Waals surface area contributed by atoms with Crippen LogP contribution in [-0.4, -0.2) is 33.6 Å². The Morgan fingerprint density at radius 1 is 0.821 bits per heavy atom. The SMILES string of the molecule is Cc1ccc(-n2nc(-c3ccccc3Nc3ccccc3)[n+](-c3ccccc3)n2)cc1.O=S(=O)([O-])C(F)(F)F. The first-order valence-corrected chi connectivity index (χ1v) is 12.9. The van der Waals surface area contributed by atoms with Gasteiger partial charge in [-0.05, 0) is 55.5 Å². The number of rotatable bonds is 5. The van der Waals surface area contributed by atoms with Crippen LogP contribution in [0.25, 0.3) is 22.8 Å². The van der Waals surface area contributed by atoms with Gasteiger partial charge in [-0.1, -0.05) is 70.9 Å². The molecule has 0 saturated carbocycles. The van der Waals surface area contributed by atoms with Crippen LogP contribution in [-0.2, 0) is 10.1 Å². The summed E-state index contributed by atoms with van der Waals surface area (Å²) in [6.07, 6.45) is 0. The van der Waals surface area contributed by atoms with Gasteiger partial charge < -0.3 is 9.87 Å². The Bertz CT molecular complexity index is 1640. The number of alkyl halides is 3. The third-order valence-electron chi connectivity index (χ3n) is 5.33. The second kappa shape index (κ2) is 11.5. The Labute approximate surface area is 222 Å². The van der Waals surface area contributed by atoms with Gasteiger partial charge in [-0.25, -0.2) is 8.42 Å². The second-order valence-electron chi connectivity index (χ2n) is 8.22. The zero-order chi connectivity index (χ0) is 28.0. The second-order valence-corrected chi connectivity index (χ2v) is 9.59. The van der Waals surface area contributed by atoms with E-state index in [0.717, 1.165) is 34.1 Å². The van der Waals surface area contributed by atoms with Crippen molar-refractivity contribution < 1.29 is 30.8 Å². The molecule has 5 aromatic rings. The molecule has 0 aliphatic heterocycles. The standard InChI is InChI=1S/C26H22N5.CHF3O3S/c1-20-16-18-23(19-17-20)31-28-26(30(29-31)22-12-6-3-7-13-22)24-14-8-9-15-25(24)27-21-10-4-2-5-11-21;2-1(3,4)8(5,6)7/h2-19,27H,1H3;(H,5,6,7)/q+1;/p-1. The van der Waals surface area contributed by atoms with Crippen LogP contribution in [0.1, 0.15) is 5.56 Å². The van der Waals surface area contributed by atoms with Crippen molar-refractivity contribution in [2.75, 3.05) is 5.32 Å². The van der Waals surface area contributed by atoms with Crippen molar-refractivity contribution in [3.8, 4) is 22.8 Å². The van der Waals surface area contributed by atoms with Crippen LogP contribution >= 0.6 is 0 Å². The number of halogens is 3. The number of aryl methyl sites for hydroxylation is 1. The molecule has 4 aromatic carbocycles. The molecule has 0 aliphatic rings. The Hall–Kier alpha value is -4.55. The minimum absolute atomic E-state index is 0.755. The van der Waals surface area contributed by atoms with Gasteiger partial charge in [0, 0.05) is 10.5 Å². The molecule has 0 fully saturated rings. The van der Waals surface area contributed by atoms with Gasteiger partial charge in [0.1, 0.15) is 5.69 Å². The molecule has 39 heavy (non-hydrogen) atoms. The maximum absolute atomic E-state index is 10.7. The van der Waals surface area contributed by atoms with Crippen LogP contribution in [0.3, 0.4) is 0 Å². The van der Waals surface area contributed by atoms with Crippen molar-refractivity contribution in [2.24, 2.45) is 0 Å². The first kappa shape index (κ1) is 27.5. The van der Waals surface area contributed by atoms with Crippen molar-refractivity contribution in [1.82, 2.24) is 15.1 Å². The number of hydrogen-bond acceptors (Lipinski definition) is 6. The molecule has 0 bridgehead atoms. The first-order chi connectivity index (χ1) is 18.5. The number of anilines is 2. The van der Waals surface area contributed by atoms with Crippen molar-refractivity contribution in [1.29, 1.82) is 0 Å². The molecule has 0 saturated heterocycles. The molecule has 0 radical (unpaired) electrons. The molecular formula is C27H22F3N5O3S. The van der Waals surface area contributed by atoms with Crippen LogP contribution in [0.5, 0.6) is 0 Å².